The minimum absolute atomic E-state index is 0.133. The molecule has 3 heterocycles. The fourth-order valence-electron chi connectivity index (χ4n) is 2.52. The third-order valence-electron chi connectivity index (χ3n) is 3.82. The number of hydrogen-bond donors (Lipinski definition) is 1. The molecule has 7 nitrogen and oxygen atoms in total. The van der Waals surface area contributed by atoms with Crippen molar-refractivity contribution in [3.63, 3.8) is 0 Å². The van der Waals surface area contributed by atoms with Gasteiger partial charge in [0.15, 0.2) is 16.9 Å². The molecular weight excluding hydrogens is 294 g/mol. The molecule has 1 N–H and O–H groups in total. The van der Waals surface area contributed by atoms with Gasteiger partial charge in [-0.3, -0.25) is 4.79 Å². The summed E-state index contributed by atoms with van der Waals surface area (Å²) in [6.45, 7) is 4.17. The monoisotopic (exact) mass is 307 g/mol. The van der Waals surface area contributed by atoms with E-state index >= 15 is 0 Å². The van der Waals surface area contributed by atoms with Crippen molar-refractivity contribution < 1.29 is 4.42 Å². The zero-order valence-corrected chi connectivity index (χ0v) is 12.6. The SMILES string of the molecule is CC(C)c1ccc2oc3cc(-c4nnn[nH]4)cnc3c(=O)c2c1. The maximum atomic E-state index is 12.7. The average molecular weight is 307 g/mol. The lowest BCUT2D eigenvalue weighted by atomic mass is 10.0. The minimum Gasteiger partial charge on any atom is -0.454 e. The number of tetrazole rings is 1. The summed E-state index contributed by atoms with van der Waals surface area (Å²) in [5, 5.41) is 14.1. The molecule has 1 aromatic carbocycles. The number of pyridine rings is 1. The Labute approximate surface area is 130 Å². The molecule has 0 amide bonds. The van der Waals surface area contributed by atoms with Crippen molar-refractivity contribution in [2.24, 2.45) is 0 Å². The summed E-state index contributed by atoms with van der Waals surface area (Å²) in [7, 11) is 0. The number of H-pyrrole nitrogens is 1. The first-order chi connectivity index (χ1) is 11.1. The predicted molar refractivity (Wildman–Crippen MR) is 85.0 cm³/mol. The van der Waals surface area contributed by atoms with Gasteiger partial charge in [-0.15, -0.1) is 5.10 Å². The van der Waals surface area contributed by atoms with E-state index in [0.29, 0.717) is 39.4 Å². The van der Waals surface area contributed by atoms with Crippen LogP contribution in [-0.4, -0.2) is 25.6 Å². The van der Waals surface area contributed by atoms with Crippen molar-refractivity contribution in [1.29, 1.82) is 0 Å². The molecule has 0 bridgehead atoms. The molecule has 0 atom stereocenters. The van der Waals surface area contributed by atoms with Gasteiger partial charge in [0, 0.05) is 11.8 Å². The number of fused-ring (bicyclic) bond motifs is 2. The molecule has 0 spiro atoms. The first-order valence-electron chi connectivity index (χ1n) is 7.24. The Bertz CT molecular complexity index is 1070. The Morgan fingerprint density at radius 3 is 2.78 bits per heavy atom. The van der Waals surface area contributed by atoms with Crippen molar-refractivity contribution in [3.8, 4) is 11.4 Å². The molecule has 4 aromatic rings. The highest BCUT2D eigenvalue weighted by Gasteiger charge is 2.12. The molecule has 0 aliphatic heterocycles. The Morgan fingerprint density at radius 2 is 2.04 bits per heavy atom. The predicted octanol–water partition coefficient (Wildman–Crippen LogP) is 2.64. The summed E-state index contributed by atoms with van der Waals surface area (Å²) >= 11 is 0. The normalized spacial score (nSPS) is 11.6. The smallest absolute Gasteiger partial charge is 0.218 e. The van der Waals surface area contributed by atoms with Gasteiger partial charge in [-0.1, -0.05) is 19.9 Å². The van der Waals surface area contributed by atoms with Crippen molar-refractivity contribution >= 4 is 22.1 Å². The maximum Gasteiger partial charge on any atom is 0.218 e. The molecule has 0 saturated heterocycles. The summed E-state index contributed by atoms with van der Waals surface area (Å²) in [6.07, 6.45) is 1.56. The van der Waals surface area contributed by atoms with Crippen molar-refractivity contribution in [1.82, 2.24) is 25.6 Å². The van der Waals surface area contributed by atoms with Crippen molar-refractivity contribution in [2.45, 2.75) is 19.8 Å². The maximum absolute atomic E-state index is 12.7. The number of aromatic amines is 1. The lowest BCUT2D eigenvalue weighted by Crippen LogP contribution is -2.05. The third kappa shape index (κ3) is 2.17. The summed E-state index contributed by atoms with van der Waals surface area (Å²) in [4.78, 5) is 16.9. The van der Waals surface area contributed by atoms with E-state index in [1.807, 2.05) is 18.2 Å². The quantitative estimate of drug-likeness (QED) is 0.572. The van der Waals surface area contributed by atoms with Crippen LogP contribution < -0.4 is 5.43 Å². The molecule has 4 rings (SSSR count). The van der Waals surface area contributed by atoms with Crippen LogP contribution in [0.5, 0.6) is 0 Å². The van der Waals surface area contributed by atoms with Crippen molar-refractivity contribution in [3.05, 3.63) is 46.2 Å². The van der Waals surface area contributed by atoms with Gasteiger partial charge >= 0.3 is 0 Å². The van der Waals surface area contributed by atoms with E-state index in [1.165, 1.54) is 0 Å². The van der Waals surface area contributed by atoms with Crippen LogP contribution in [0.2, 0.25) is 0 Å². The second kappa shape index (κ2) is 4.98. The highest BCUT2D eigenvalue weighted by molar-refractivity contribution is 5.89. The Morgan fingerprint density at radius 1 is 1.17 bits per heavy atom. The molecular formula is C16H13N5O2. The molecule has 7 heteroatoms. The second-order valence-electron chi connectivity index (χ2n) is 5.66. The molecule has 114 valence electrons. The van der Waals surface area contributed by atoms with E-state index < -0.39 is 0 Å². The first-order valence-corrected chi connectivity index (χ1v) is 7.24. The lowest BCUT2D eigenvalue weighted by molar-refractivity contribution is 0.658. The molecule has 0 fully saturated rings. The van der Waals surface area contributed by atoms with Crippen molar-refractivity contribution in [2.75, 3.05) is 0 Å². The Hall–Kier alpha value is -3.09. The molecule has 0 saturated carbocycles. The minimum atomic E-state index is -0.133. The molecule has 0 aliphatic rings. The molecule has 3 aromatic heterocycles. The Kier molecular flexibility index (Phi) is 2.94. The van der Waals surface area contributed by atoms with E-state index in [2.05, 4.69) is 39.5 Å². The van der Waals surface area contributed by atoms with Crippen LogP contribution in [0.25, 0.3) is 33.5 Å². The third-order valence-corrected chi connectivity index (χ3v) is 3.82. The van der Waals surface area contributed by atoms with Gasteiger partial charge in [-0.25, -0.2) is 10.1 Å². The van der Waals surface area contributed by atoms with E-state index in [0.717, 1.165) is 5.56 Å². The van der Waals surface area contributed by atoms with E-state index in [9.17, 15) is 4.79 Å². The van der Waals surface area contributed by atoms with Gasteiger partial charge in [0.1, 0.15) is 5.58 Å². The Balaban J connectivity index is 2.00. The van der Waals surface area contributed by atoms with Gasteiger partial charge in [0.2, 0.25) is 5.43 Å². The van der Waals surface area contributed by atoms with Crippen LogP contribution in [0.1, 0.15) is 25.3 Å². The number of aromatic nitrogens is 5. The van der Waals surface area contributed by atoms with Gasteiger partial charge in [0.25, 0.3) is 0 Å². The summed E-state index contributed by atoms with van der Waals surface area (Å²) < 4.78 is 5.86. The average Bonchev–Trinajstić information content (AvgIpc) is 3.08. The topological polar surface area (TPSA) is 97.6 Å². The van der Waals surface area contributed by atoms with Crippen LogP contribution in [0.3, 0.4) is 0 Å². The highest BCUT2D eigenvalue weighted by atomic mass is 16.3. The molecule has 0 unspecified atom stereocenters. The van der Waals surface area contributed by atoms with E-state index in [1.54, 1.807) is 12.3 Å². The van der Waals surface area contributed by atoms with Crippen LogP contribution >= 0.6 is 0 Å². The van der Waals surface area contributed by atoms with Gasteiger partial charge in [0.05, 0.1) is 5.39 Å². The molecule has 0 aliphatic carbocycles. The van der Waals surface area contributed by atoms with Gasteiger partial charge in [-0.05, 0) is 40.1 Å². The van der Waals surface area contributed by atoms with Gasteiger partial charge < -0.3 is 4.42 Å². The van der Waals surface area contributed by atoms with Crippen LogP contribution in [-0.2, 0) is 0 Å². The molecule has 23 heavy (non-hydrogen) atoms. The fourth-order valence-corrected chi connectivity index (χ4v) is 2.52. The highest BCUT2D eigenvalue weighted by Crippen LogP contribution is 2.24. The van der Waals surface area contributed by atoms with E-state index in [-0.39, 0.29) is 5.43 Å². The van der Waals surface area contributed by atoms with Crippen LogP contribution in [0, 0.1) is 0 Å². The summed E-state index contributed by atoms with van der Waals surface area (Å²) in [6, 6.07) is 7.39. The zero-order valence-electron chi connectivity index (χ0n) is 12.6. The number of nitrogens with zero attached hydrogens (tertiary/aromatic N) is 4. The summed E-state index contributed by atoms with van der Waals surface area (Å²) in [5.74, 6) is 0.807. The number of benzene rings is 1. The number of hydrogen-bond acceptors (Lipinski definition) is 6. The standard InChI is InChI=1S/C16H13N5O2/c1-8(2)9-3-4-12-11(5-9)15(22)14-13(23-12)6-10(7-17-14)16-18-20-21-19-16/h3-8H,1-2H3,(H,18,19,20,21). The van der Waals surface area contributed by atoms with Crippen LogP contribution in [0.4, 0.5) is 0 Å². The number of rotatable bonds is 2. The number of nitrogens with one attached hydrogen (secondary N) is 1. The van der Waals surface area contributed by atoms with Gasteiger partial charge in [-0.2, -0.15) is 0 Å². The zero-order chi connectivity index (χ0) is 16.0. The molecule has 0 radical (unpaired) electrons. The van der Waals surface area contributed by atoms with Crippen LogP contribution in [0.15, 0.2) is 39.7 Å². The fraction of sp³-hybridized carbons (Fsp3) is 0.188. The second-order valence-corrected chi connectivity index (χ2v) is 5.66. The lowest BCUT2D eigenvalue weighted by Gasteiger charge is -2.07. The largest absolute Gasteiger partial charge is 0.454 e. The summed E-state index contributed by atoms with van der Waals surface area (Å²) in [5.41, 5.74) is 2.87. The first kappa shape index (κ1) is 13.6. The van der Waals surface area contributed by atoms with E-state index in [4.69, 9.17) is 4.42 Å².